The molecule has 1 aromatic heterocycles. The van der Waals surface area contributed by atoms with Crippen molar-refractivity contribution in [3.63, 3.8) is 0 Å². The second-order valence-corrected chi connectivity index (χ2v) is 8.21. The molecule has 154 valence electrons. The number of nitrogens with zero attached hydrogens (tertiary/aromatic N) is 2. The quantitative estimate of drug-likeness (QED) is 0.730. The zero-order chi connectivity index (χ0) is 20.2. The van der Waals surface area contributed by atoms with Gasteiger partial charge in [0.25, 0.3) is 0 Å². The summed E-state index contributed by atoms with van der Waals surface area (Å²) in [4.78, 5) is 29.1. The van der Waals surface area contributed by atoms with E-state index in [0.717, 1.165) is 51.5 Å². The molecule has 2 aliphatic rings. The highest BCUT2D eigenvalue weighted by molar-refractivity contribution is 7.12. The molecule has 1 aromatic carbocycles. The largest absolute Gasteiger partial charge is 0.493 e. The molecule has 8 heteroatoms. The van der Waals surface area contributed by atoms with E-state index in [1.54, 1.807) is 11.4 Å². The first-order valence-electron chi connectivity index (χ1n) is 9.77. The third-order valence-corrected chi connectivity index (χ3v) is 6.20. The number of ether oxygens (including phenoxy) is 2. The minimum atomic E-state index is -0.429. The predicted octanol–water partition coefficient (Wildman–Crippen LogP) is 2.23. The maximum Gasteiger partial charge on any atom is 0.350 e. The first-order chi connectivity index (χ1) is 14.1. The zero-order valence-corrected chi connectivity index (χ0v) is 17.3. The van der Waals surface area contributed by atoms with Gasteiger partial charge in [-0.3, -0.25) is 14.6 Å². The number of carbonyl (C=O) groups is 2. The maximum absolute atomic E-state index is 12.4. The molecule has 0 saturated carbocycles. The molecule has 1 fully saturated rings. The van der Waals surface area contributed by atoms with Gasteiger partial charge in [0.15, 0.2) is 0 Å². The summed E-state index contributed by atoms with van der Waals surface area (Å²) in [6.45, 7) is 5.56. The average Bonchev–Trinajstić information content (AvgIpc) is 3.37. The van der Waals surface area contributed by atoms with Gasteiger partial charge >= 0.3 is 5.97 Å². The second-order valence-electron chi connectivity index (χ2n) is 7.30. The van der Waals surface area contributed by atoms with E-state index in [-0.39, 0.29) is 5.91 Å². The van der Waals surface area contributed by atoms with Gasteiger partial charge in [-0.2, -0.15) is 0 Å². The lowest BCUT2D eigenvalue weighted by molar-refractivity contribution is -0.117. The summed E-state index contributed by atoms with van der Waals surface area (Å²) in [6.07, 6.45) is 0.994. The van der Waals surface area contributed by atoms with Crippen LogP contribution in [-0.2, 0) is 22.5 Å². The van der Waals surface area contributed by atoms with Crippen molar-refractivity contribution in [2.24, 2.45) is 0 Å². The van der Waals surface area contributed by atoms with Gasteiger partial charge in [-0.25, -0.2) is 4.79 Å². The summed E-state index contributed by atoms with van der Waals surface area (Å²) < 4.78 is 10.3. The van der Waals surface area contributed by atoms with Gasteiger partial charge in [-0.1, -0.05) is 12.1 Å². The fourth-order valence-electron chi connectivity index (χ4n) is 3.75. The maximum atomic E-state index is 12.4. The Kier molecular flexibility index (Phi) is 6.13. The van der Waals surface area contributed by atoms with Crippen molar-refractivity contribution in [1.29, 1.82) is 0 Å². The third-order valence-electron chi connectivity index (χ3n) is 5.30. The lowest BCUT2D eigenvalue weighted by Crippen LogP contribution is -2.48. The molecule has 0 radical (unpaired) electrons. The van der Waals surface area contributed by atoms with Crippen LogP contribution in [0.5, 0.6) is 5.75 Å². The van der Waals surface area contributed by atoms with Gasteiger partial charge in [-0.05, 0) is 28.6 Å². The summed E-state index contributed by atoms with van der Waals surface area (Å²) in [7, 11) is 1.34. The van der Waals surface area contributed by atoms with Crippen LogP contribution in [0.4, 0.5) is 5.69 Å². The first-order valence-corrected chi connectivity index (χ1v) is 10.7. The highest BCUT2D eigenvalue weighted by Crippen LogP contribution is 2.26. The Labute approximate surface area is 174 Å². The van der Waals surface area contributed by atoms with Crippen molar-refractivity contribution < 1.29 is 19.1 Å². The Morgan fingerprint density at radius 1 is 1.17 bits per heavy atom. The average molecular weight is 416 g/mol. The van der Waals surface area contributed by atoms with Crippen molar-refractivity contribution in [2.75, 3.05) is 51.8 Å². The molecule has 2 aliphatic heterocycles. The summed E-state index contributed by atoms with van der Waals surface area (Å²) in [5.41, 5.74) is 3.14. The SMILES string of the molecule is COC(=O)c1sccc1NC(=O)CN1CCN(Cc2ccc3c(c2)CCO3)CC1. The number of methoxy groups -OCH3 is 1. The highest BCUT2D eigenvalue weighted by Gasteiger charge is 2.21. The number of anilines is 1. The number of amides is 1. The van der Waals surface area contributed by atoms with E-state index < -0.39 is 5.97 Å². The molecule has 0 atom stereocenters. The number of nitrogens with one attached hydrogen (secondary N) is 1. The molecule has 29 heavy (non-hydrogen) atoms. The first kappa shape index (κ1) is 19.9. The molecule has 1 N–H and O–H groups in total. The Bertz CT molecular complexity index is 890. The number of piperazine rings is 1. The molecular formula is C21H25N3O4S. The number of fused-ring (bicyclic) bond motifs is 1. The molecule has 0 unspecified atom stereocenters. The van der Waals surface area contributed by atoms with Crippen LogP contribution < -0.4 is 10.1 Å². The number of esters is 1. The fourth-order valence-corrected chi connectivity index (χ4v) is 4.52. The Morgan fingerprint density at radius 3 is 2.76 bits per heavy atom. The van der Waals surface area contributed by atoms with E-state index in [1.165, 1.54) is 29.6 Å². The molecular weight excluding hydrogens is 390 g/mol. The molecule has 1 saturated heterocycles. The molecule has 7 nitrogen and oxygen atoms in total. The molecule has 3 heterocycles. The lowest BCUT2D eigenvalue weighted by Gasteiger charge is -2.34. The van der Waals surface area contributed by atoms with Gasteiger partial charge < -0.3 is 14.8 Å². The van der Waals surface area contributed by atoms with Crippen LogP contribution in [0.15, 0.2) is 29.6 Å². The number of hydrogen-bond donors (Lipinski definition) is 1. The summed E-state index contributed by atoms with van der Waals surface area (Å²) in [5.74, 6) is 0.480. The number of thiophene rings is 1. The third kappa shape index (κ3) is 4.77. The van der Waals surface area contributed by atoms with Gasteiger partial charge in [-0.15, -0.1) is 11.3 Å². The number of rotatable bonds is 6. The Balaban J connectivity index is 1.24. The molecule has 0 spiro atoms. The van der Waals surface area contributed by atoms with E-state index in [1.807, 2.05) is 0 Å². The van der Waals surface area contributed by atoms with E-state index in [9.17, 15) is 9.59 Å². The summed E-state index contributed by atoms with van der Waals surface area (Å²) in [5, 5.41) is 4.60. The van der Waals surface area contributed by atoms with E-state index in [4.69, 9.17) is 9.47 Å². The van der Waals surface area contributed by atoms with Crippen LogP contribution in [0.25, 0.3) is 0 Å². The van der Waals surface area contributed by atoms with Gasteiger partial charge in [0.2, 0.25) is 5.91 Å². The monoisotopic (exact) mass is 415 g/mol. The highest BCUT2D eigenvalue weighted by atomic mass is 32.1. The van der Waals surface area contributed by atoms with Crippen molar-refractivity contribution in [3.8, 4) is 5.75 Å². The fraction of sp³-hybridized carbons (Fsp3) is 0.429. The Morgan fingerprint density at radius 2 is 1.97 bits per heavy atom. The van der Waals surface area contributed by atoms with Crippen LogP contribution in [-0.4, -0.2) is 68.1 Å². The van der Waals surface area contributed by atoms with E-state index in [2.05, 4.69) is 33.3 Å². The van der Waals surface area contributed by atoms with Crippen molar-refractivity contribution in [1.82, 2.24) is 9.80 Å². The molecule has 0 aliphatic carbocycles. The lowest BCUT2D eigenvalue weighted by atomic mass is 10.1. The molecule has 2 aromatic rings. The van der Waals surface area contributed by atoms with Crippen LogP contribution in [0, 0.1) is 0 Å². The van der Waals surface area contributed by atoms with E-state index in [0.29, 0.717) is 17.1 Å². The Hall–Kier alpha value is -2.42. The molecule has 0 bridgehead atoms. The van der Waals surface area contributed by atoms with Crippen molar-refractivity contribution in [2.45, 2.75) is 13.0 Å². The van der Waals surface area contributed by atoms with Gasteiger partial charge in [0.1, 0.15) is 10.6 Å². The van der Waals surface area contributed by atoms with Crippen molar-refractivity contribution >= 4 is 28.9 Å². The summed E-state index contributed by atoms with van der Waals surface area (Å²) >= 11 is 1.26. The number of hydrogen-bond acceptors (Lipinski definition) is 7. The topological polar surface area (TPSA) is 71.1 Å². The normalized spacial score (nSPS) is 16.9. The van der Waals surface area contributed by atoms with E-state index >= 15 is 0 Å². The van der Waals surface area contributed by atoms with Crippen molar-refractivity contribution in [3.05, 3.63) is 45.6 Å². The summed E-state index contributed by atoms with van der Waals surface area (Å²) in [6, 6.07) is 8.20. The van der Waals surface area contributed by atoms with Gasteiger partial charge in [0.05, 0.1) is 25.9 Å². The van der Waals surface area contributed by atoms with Crippen LogP contribution in [0.3, 0.4) is 0 Å². The van der Waals surface area contributed by atoms with Gasteiger partial charge in [0, 0.05) is 39.1 Å². The molecule has 1 amide bonds. The number of carbonyl (C=O) groups excluding carboxylic acids is 2. The predicted molar refractivity (Wildman–Crippen MR) is 112 cm³/mol. The minimum Gasteiger partial charge on any atom is -0.493 e. The van der Waals surface area contributed by atoms with Crippen LogP contribution in [0.1, 0.15) is 20.8 Å². The number of benzene rings is 1. The standard InChI is InChI=1S/C21H25N3O4S/c1-27-21(26)20-17(5-11-29-20)22-19(25)14-24-8-6-23(7-9-24)13-15-2-3-18-16(12-15)4-10-28-18/h2-3,5,11-12H,4,6-10,13-14H2,1H3,(H,22,25). The molecule has 4 rings (SSSR count). The van der Waals surface area contributed by atoms with Crippen LogP contribution in [0.2, 0.25) is 0 Å². The zero-order valence-electron chi connectivity index (χ0n) is 16.5. The smallest absolute Gasteiger partial charge is 0.350 e. The minimum absolute atomic E-state index is 0.111. The second kappa shape index (κ2) is 8.94. The van der Waals surface area contributed by atoms with Crippen LogP contribution >= 0.6 is 11.3 Å².